The first-order valence-electron chi connectivity index (χ1n) is 7.47. The largest absolute Gasteiger partial charge is 0.484 e. The number of esters is 1. The minimum Gasteiger partial charge on any atom is -0.484 e. The van der Waals surface area contributed by atoms with Crippen LogP contribution < -0.4 is 4.74 Å². The standard InChI is InChI=1S/C18H15BrN2O4/c1-11-3-5-12(6-4-11)17-20-16(21-25-17)10-24-15-8-7-13(9-14(15)19)18(22)23-2/h3-9H,10H2,1-2H3. The lowest BCUT2D eigenvalue weighted by molar-refractivity contribution is 0.0600. The van der Waals surface area contributed by atoms with E-state index in [0.29, 0.717) is 27.5 Å². The van der Waals surface area contributed by atoms with Crippen LogP contribution in [0, 0.1) is 6.92 Å². The van der Waals surface area contributed by atoms with Gasteiger partial charge in [-0.2, -0.15) is 4.98 Å². The van der Waals surface area contributed by atoms with Crippen molar-refractivity contribution in [3.63, 3.8) is 0 Å². The predicted molar refractivity (Wildman–Crippen MR) is 94.3 cm³/mol. The highest BCUT2D eigenvalue weighted by Crippen LogP contribution is 2.27. The van der Waals surface area contributed by atoms with Crippen LogP contribution in [0.4, 0.5) is 0 Å². The fourth-order valence-electron chi connectivity index (χ4n) is 2.13. The number of carbonyl (C=O) groups excluding carboxylic acids is 1. The summed E-state index contributed by atoms with van der Waals surface area (Å²) in [6.45, 7) is 2.16. The number of hydrogen-bond acceptors (Lipinski definition) is 6. The molecule has 2 aromatic carbocycles. The minimum absolute atomic E-state index is 0.144. The zero-order valence-electron chi connectivity index (χ0n) is 13.7. The molecule has 0 aliphatic rings. The number of aryl methyl sites for hydroxylation is 1. The highest BCUT2D eigenvalue weighted by Gasteiger charge is 2.12. The summed E-state index contributed by atoms with van der Waals surface area (Å²) in [6, 6.07) is 12.8. The van der Waals surface area contributed by atoms with Gasteiger partial charge in [-0.1, -0.05) is 22.9 Å². The maximum atomic E-state index is 11.5. The van der Waals surface area contributed by atoms with Gasteiger partial charge in [0.15, 0.2) is 6.61 Å². The van der Waals surface area contributed by atoms with Crippen LogP contribution in [0.3, 0.4) is 0 Å². The van der Waals surface area contributed by atoms with Gasteiger partial charge in [0.2, 0.25) is 5.82 Å². The first kappa shape index (κ1) is 17.2. The van der Waals surface area contributed by atoms with Crippen molar-refractivity contribution < 1.29 is 18.8 Å². The van der Waals surface area contributed by atoms with Gasteiger partial charge in [-0.3, -0.25) is 0 Å². The van der Waals surface area contributed by atoms with E-state index in [2.05, 4.69) is 30.8 Å². The summed E-state index contributed by atoms with van der Waals surface area (Å²) in [4.78, 5) is 15.8. The highest BCUT2D eigenvalue weighted by molar-refractivity contribution is 9.10. The van der Waals surface area contributed by atoms with Crippen LogP contribution in [0.2, 0.25) is 0 Å². The first-order valence-corrected chi connectivity index (χ1v) is 8.26. The molecule has 3 rings (SSSR count). The quantitative estimate of drug-likeness (QED) is 0.596. The number of benzene rings is 2. The summed E-state index contributed by atoms with van der Waals surface area (Å²) in [5.41, 5.74) is 2.45. The Morgan fingerprint density at radius 1 is 1.20 bits per heavy atom. The summed E-state index contributed by atoms with van der Waals surface area (Å²) in [7, 11) is 1.34. The van der Waals surface area contributed by atoms with Gasteiger partial charge < -0.3 is 14.0 Å². The van der Waals surface area contributed by atoms with Gasteiger partial charge in [0.05, 0.1) is 17.1 Å². The van der Waals surface area contributed by atoms with E-state index in [1.54, 1.807) is 18.2 Å². The van der Waals surface area contributed by atoms with Crippen molar-refractivity contribution >= 4 is 21.9 Å². The maximum absolute atomic E-state index is 11.5. The Kier molecular flexibility index (Phi) is 5.14. The summed E-state index contributed by atoms with van der Waals surface area (Å²) in [5, 5.41) is 3.92. The number of aromatic nitrogens is 2. The number of carbonyl (C=O) groups is 1. The molecule has 0 fully saturated rings. The zero-order chi connectivity index (χ0) is 17.8. The fourth-order valence-corrected chi connectivity index (χ4v) is 2.62. The molecule has 0 saturated carbocycles. The SMILES string of the molecule is COC(=O)c1ccc(OCc2noc(-c3ccc(C)cc3)n2)c(Br)c1. The maximum Gasteiger partial charge on any atom is 0.337 e. The van der Waals surface area contributed by atoms with E-state index in [1.807, 2.05) is 31.2 Å². The van der Waals surface area contributed by atoms with Crippen LogP contribution in [-0.2, 0) is 11.3 Å². The molecule has 6 nitrogen and oxygen atoms in total. The second-order valence-corrected chi connectivity index (χ2v) is 6.16. The third-order valence-corrected chi connectivity index (χ3v) is 4.10. The predicted octanol–water partition coefficient (Wildman–Crippen LogP) is 4.17. The van der Waals surface area contributed by atoms with Crippen LogP contribution in [0.5, 0.6) is 5.75 Å². The lowest BCUT2D eigenvalue weighted by atomic mass is 10.1. The Morgan fingerprint density at radius 2 is 1.96 bits per heavy atom. The molecule has 0 unspecified atom stereocenters. The third-order valence-electron chi connectivity index (χ3n) is 3.48. The van der Waals surface area contributed by atoms with E-state index in [0.717, 1.165) is 11.1 Å². The van der Waals surface area contributed by atoms with E-state index in [1.165, 1.54) is 7.11 Å². The second-order valence-electron chi connectivity index (χ2n) is 5.31. The van der Waals surface area contributed by atoms with Gasteiger partial charge >= 0.3 is 5.97 Å². The number of ether oxygens (including phenoxy) is 2. The van der Waals surface area contributed by atoms with Gasteiger partial charge in [0.25, 0.3) is 5.89 Å². The van der Waals surface area contributed by atoms with Gasteiger partial charge in [-0.25, -0.2) is 4.79 Å². The van der Waals surface area contributed by atoms with E-state index in [4.69, 9.17) is 9.26 Å². The van der Waals surface area contributed by atoms with Crippen LogP contribution >= 0.6 is 15.9 Å². The molecule has 128 valence electrons. The van der Waals surface area contributed by atoms with Crippen LogP contribution in [-0.4, -0.2) is 23.2 Å². The van der Waals surface area contributed by atoms with Crippen LogP contribution in [0.1, 0.15) is 21.7 Å². The lowest BCUT2D eigenvalue weighted by Gasteiger charge is -2.07. The smallest absolute Gasteiger partial charge is 0.337 e. The van der Waals surface area contributed by atoms with Crippen molar-refractivity contribution in [1.29, 1.82) is 0 Å². The lowest BCUT2D eigenvalue weighted by Crippen LogP contribution is -2.02. The summed E-state index contributed by atoms with van der Waals surface area (Å²) >= 11 is 3.37. The van der Waals surface area contributed by atoms with Gasteiger partial charge in [0.1, 0.15) is 5.75 Å². The van der Waals surface area contributed by atoms with Crippen LogP contribution in [0.25, 0.3) is 11.5 Å². The Balaban J connectivity index is 1.68. The molecule has 0 radical (unpaired) electrons. The third kappa shape index (κ3) is 4.06. The topological polar surface area (TPSA) is 74.5 Å². The molecule has 0 aliphatic heterocycles. The van der Waals surface area contributed by atoms with E-state index in [-0.39, 0.29) is 6.61 Å². The second kappa shape index (κ2) is 7.48. The monoisotopic (exact) mass is 402 g/mol. The van der Waals surface area contributed by atoms with Crippen molar-refractivity contribution in [2.24, 2.45) is 0 Å². The Hall–Kier alpha value is -2.67. The molecular formula is C18H15BrN2O4. The Morgan fingerprint density at radius 3 is 2.64 bits per heavy atom. The van der Waals surface area contributed by atoms with Gasteiger partial charge in [-0.15, -0.1) is 0 Å². The molecule has 0 bridgehead atoms. The van der Waals surface area contributed by atoms with Gasteiger partial charge in [-0.05, 0) is 53.2 Å². The average Bonchev–Trinajstić information content (AvgIpc) is 3.09. The summed E-state index contributed by atoms with van der Waals surface area (Å²) < 4.78 is 16.3. The molecule has 0 amide bonds. The fraction of sp³-hybridized carbons (Fsp3) is 0.167. The molecular weight excluding hydrogens is 388 g/mol. The molecule has 0 spiro atoms. The van der Waals surface area contributed by atoms with Crippen molar-refractivity contribution in [3.8, 4) is 17.2 Å². The molecule has 1 heterocycles. The van der Waals surface area contributed by atoms with Gasteiger partial charge in [0, 0.05) is 5.56 Å². The molecule has 0 N–H and O–H groups in total. The zero-order valence-corrected chi connectivity index (χ0v) is 15.2. The van der Waals surface area contributed by atoms with Crippen molar-refractivity contribution in [2.75, 3.05) is 7.11 Å². The van der Waals surface area contributed by atoms with Crippen molar-refractivity contribution in [3.05, 3.63) is 63.9 Å². The first-order chi connectivity index (χ1) is 12.1. The molecule has 3 aromatic rings. The average molecular weight is 403 g/mol. The molecule has 1 aromatic heterocycles. The number of halogens is 1. The highest BCUT2D eigenvalue weighted by atomic mass is 79.9. The number of methoxy groups -OCH3 is 1. The normalized spacial score (nSPS) is 10.5. The molecule has 25 heavy (non-hydrogen) atoms. The number of nitrogens with zero attached hydrogens (tertiary/aromatic N) is 2. The van der Waals surface area contributed by atoms with Crippen molar-refractivity contribution in [2.45, 2.75) is 13.5 Å². The molecule has 0 atom stereocenters. The van der Waals surface area contributed by atoms with E-state index < -0.39 is 5.97 Å². The van der Waals surface area contributed by atoms with E-state index >= 15 is 0 Å². The van der Waals surface area contributed by atoms with E-state index in [9.17, 15) is 4.79 Å². The number of hydrogen-bond donors (Lipinski definition) is 0. The minimum atomic E-state index is -0.409. The summed E-state index contributed by atoms with van der Waals surface area (Å²) in [6.07, 6.45) is 0. The number of rotatable bonds is 5. The molecule has 0 saturated heterocycles. The Bertz CT molecular complexity index is 890. The Labute approximate surface area is 152 Å². The summed E-state index contributed by atoms with van der Waals surface area (Å²) in [5.74, 6) is 1.03. The van der Waals surface area contributed by atoms with Crippen LogP contribution in [0.15, 0.2) is 51.5 Å². The van der Waals surface area contributed by atoms with Crippen molar-refractivity contribution in [1.82, 2.24) is 10.1 Å². The molecule has 7 heteroatoms. The molecule has 0 aliphatic carbocycles.